The number of H-pyrrole nitrogens is 1. The summed E-state index contributed by atoms with van der Waals surface area (Å²) in [6.45, 7) is 3.90. The van der Waals surface area contributed by atoms with Crippen molar-refractivity contribution in [2.45, 2.75) is 51.1 Å². The van der Waals surface area contributed by atoms with Crippen LogP contribution >= 0.6 is 11.6 Å². The van der Waals surface area contributed by atoms with Crippen LogP contribution in [0.5, 0.6) is 0 Å². The topological polar surface area (TPSA) is 113 Å². The van der Waals surface area contributed by atoms with Crippen molar-refractivity contribution in [2.75, 3.05) is 5.32 Å². The van der Waals surface area contributed by atoms with E-state index in [-0.39, 0.29) is 22.8 Å². The van der Waals surface area contributed by atoms with Gasteiger partial charge in [0.15, 0.2) is 5.82 Å². The number of carbonyl (C=O) groups is 1. The molecule has 2 fully saturated rings. The maximum absolute atomic E-state index is 14.5. The van der Waals surface area contributed by atoms with Crippen LogP contribution < -0.4 is 5.32 Å². The van der Waals surface area contributed by atoms with Crippen LogP contribution in [0.25, 0.3) is 11.4 Å². The van der Waals surface area contributed by atoms with Crippen LogP contribution in [0, 0.1) is 18.7 Å². The molecule has 2 bridgehead atoms. The molecule has 2 aliphatic rings. The van der Waals surface area contributed by atoms with Crippen molar-refractivity contribution >= 4 is 23.3 Å². The van der Waals surface area contributed by atoms with E-state index in [2.05, 4.69) is 37.6 Å². The Morgan fingerprint density at radius 2 is 2.19 bits per heavy atom. The van der Waals surface area contributed by atoms with E-state index in [1.807, 2.05) is 0 Å². The van der Waals surface area contributed by atoms with E-state index < -0.39 is 11.4 Å². The molecule has 3 heterocycles. The van der Waals surface area contributed by atoms with Crippen LogP contribution in [-0.4, -0.2) is 42.4 Å². The lowest BCUT2D eigenvalue weighted by atomic mass is 9.75. The molecule has 31 heavy (non-hydrogen) atoms. The average Bonchev–Trinajstić information content (AvgIpc) is 3.32. The number of aryl methyl sites for hydroxylation is 1. The Labute approximate surface area is 182 Å². The number of hydrogen-bond donors (Lipinski definition) is 2. The number of rotatable bonds is 3. The van der Waals surface area contributed by atoms with Crippen molar-refractivity contribution in [3.8, 4) is 11.4 Å². The fraction of sp³-hybridized carbons (Fsp3) is 0.450. The zero-order chi connectivity index (χ0) is 21.8. The molecule has 3 atom stereocenters. The van der Waals surface area contributed by atoms with Crippen molar-refractivity contribution in [1.29, 1.82) is 0 Å². The van der Waals surface area contributed by atoms with Crippen LogP contribution in [0.15, 0.2) is 22.9 Å². The fourth-order valence-corrected chi connectivity index (χ4v) is 5.06. The molecular formula is C20H21ClFN7O2. The normalized spacial score (nSPS) is 25.1. The lowest BCUT2D eigenvalue weighted by Crippen LogP contribution is -2.66. The lowest BCUT2D eigenvalue weighted by Gasteiger charge is -2.55. The molecule has 162 valence electrons. The first-order valence-corrected chi connectivity index (χ1v) is 10.5. The molecule has 0 unspecified atom stereocenters. The molecule has 0 spiro atoms. The van der Waals surface area contributed by atoms with Crippen molar-refractivity contribution in [1.82, 2.24) is 30.3 Å². The van der Waals surface area contributed by atoms with Crippen LogP contribution in [0.3, 0.4) is 0 Å². The average molecular weight is 446 g/mol. The second-order valence-electron chi connectivity index (χ2n) is 8.36. The highest BCUT2D eigenvalue weighted by Gasteiger charge is 2.60. The minimum Gasteiger partial charge on any atom is -0.423 e. The first kappa shape index (κ1) is 19.9. The molecule has 1 saturated carbocycles. The monoisotopic (exact) mass is 445 g/mol. The van der Waals surface area contributed by atoms with Crippen molar-refractivity contribution in [3.05, 3.63) is 41.1 Å². The number of benzene rings is 1. The number of aromatic nitrogens is 5. The standard InChI is InChI=1S/C20H21ClFN7O2/c1-10-3-4-13-8-20(7-10,18-28-26-11(2)31-18)29(13)19(30)25-12-5-14(16(21)15(22)6-12)17-23-9-24-27-17/h5-6,9-10,13H,3-4,7-8H2,1-2H3,(H,25,30)(H,23,24,27)/t10-,13-,20+/m0/s1. The summed E-state index contributed by atoms with van der Waals surface area (Å²) >= 11 is 6.10. The SMILES string of the molecule is Cc1nnc([C@@]23C[C@@H](C)CC[C@@H](C2)N3C(=O)Nc2cc(F)c(Cl)c(-c3ncn[nH]3)c2)o1. The third kappa shape index (κ3) is 3.25. The van der Waals surface area contributed by atoms with E-state index in [0.29, 0.717) is 29.1 Å². The van der Waals surface area contributed by atoms with Gasteiger partial charge >= 0.3 is 6.03 Å². The zero-order valence-corrected chi connectivity index (χ0v) is 17.8. The number of hydrogen-bond acceptors (Lipinski definition) is 6. The number of aromatic amines is 1. The van der Waals surface area contributed by atoms with Crippen LogP contribution in [0.1, 0.15) is 44.4 Å². The number of urea groups is 1. The Hall–Kier alpha value is -3.01. The maximum atomic E-state index is 14.5. The van der Waals surface area contributed by atoms with E-state index in [9.17, 15) is 9.18 Å². The third-order valence-corrected chi connectivity index (χ3v) is 6.56. The second-order valence-corrected chi connectivity index (χ2v) is 8.73. The van der Waals surface area contributed by atoms with Crippen molar-refractivity contribution in [2.24, 2.45) is 5.92 Å². The summed E-state index contributed by atoms with van der Waals surface area (Å²) in [7, 11) is 0. The van der Waals surface area contributed by atoms with Gasteiger partial charge in [-0.25, -0.2) is 14.2 Å². The largest absolute Gasteiger partial charge is 0.423 e. The molecule has 1 aromatic carbocycles. The zero-order valence-electron chi connectivity index (χ0n) is 17.0. The number of likely N-dealkylation sites (tertiary alicyclic amines) is 1. The van der Waals surface area contributed by atoms with Gasteiger partial charge in [0.1, 0.15) is 17.7 Å². The molecule has 2 N–H and O–H groups in total. The Bertz CT molecular complexity index is 1130. The van der Waals surface area contributed by atoms with Gasteiger partial charge in [-0.2, -0.15) is 5.10 Å². The summed E-state index contributed by atoms with van der Waals surface area (Å²) < 4.78 is 20.2. The number of nitrogens with zero attached hydrogens (tertiary/aromatic N) is 5. The minimum absolute atomic E-state index is 0.0584. The smallest absolute Gasteiger partial charge is 0.323 e. The molecule has 0 radical (unpaired) electrons. The Morgan fingerprint density at radius 3 is 2.90 bits per heavy atom. The van der Waals surface area contributed by atoms with Gasteiger partial charge in [0.25, 0.3) is 0 Å². The maximum Gasteiger partial charge on any atom is 0.323 e. The fourth-order valence-electron chi connectivity index (χ4n) is 4.86. The lowest BCUT2D eigenvalue weighted by molar-refractivity contribution is -0.0517. The predicted octanol–water partition coefficient (Wildman–Crippen LogP) is 4.28. The van der Waals surface area contributed by atoms with Gasteiger partial charge in [-0.15, -0.1) is 10.2 Å². The summed E-state index contributed by atoms with van der Waals surface area (Å²) in [5.74, 6) is 0.962. The van der Waals surface area contributed by atoms with Crippen LogP contribution in [0.4, 0.5) is 14.9 Å². The van der Waals surface area contributed by atoms with Crippen LogP contribution in [-0.2, 0) is 5.54 Å². The molecule has 3 aromatic rings. The van der Waals surface area contributed by atoms with E-state index in [0.717, 1.165) is 25.7 Å². The van der Waals surface area contributed by atoms with E-state index in [1.165, 1.54) is 12.4 Å². The van der Waals surface area contributed by atoms with Gasteiger partial charge in [0.2, 0.25) is 11.8 Å². The Balaban J connectivity index is 1.47. The van der Waals surface area contributed by atoms with E-state index >= 15 is 0 Å². The first-order valence-electron chi connectivity index (χ1n) is 10.1. The highest BCUT2D eigenvalue weighted by atomic mass is 35.5. The highest BCUT2D eigenvalue weighted by Crippen LogP contribution is 2.53. The molecule has 1 aliphatic heterocycles. The number of halogens is 2. The number of fused-ring (bicyclic) bond motifs is 2. The number of carbonyl (C=O) groups excluding carboxylic acids is 1. The van der Waals surface area contributed by atoms with Crippen molar-refractivity contribution < 1.29 is 13.6 Å². The van der Waals surface area contributed by atoms with E-state index in [4.69, 9.17) is 16.0 Å². The van der Waals surface area contributed by atoms with E-state index in [1.54, 1.807) is 17.9 Å². The number of nitrogens with one attached hydrogen (secondary N) is 2. The molecule has 2 aromatic heterocycles. The van der Waals surface area contributed by atoms with Gasteiger partial charge in [-0.1, -0.05) is 18.5 Å². The second kappa shape index (κ2) is 7.30. The molecule has 11 heteroatoms. The molecule has 2 amide bonds. The Kier molecular flexibility index (Phi) is 4.69. The van der Waals surface area contributed by atoms with Crippen LogP contribution in [0.2, 0.25) is 5.02 Å². The number of amides is 2. The summed E-state index contributed by atoms with van der Waals surface area (Å²) in [6.07, 6.45) is 4.70. The molecule has 1 aliphatic carbocycles. The summed E-state index contributed by atoms with van der Waals surface area (Å²) in [5.41, 5.74) is -0.0665. The van der Waals surface area contributed by atoms with Gasteiger partial charge in [0, 0.05) is 30.6 Å². The Morgan fingerprint density at radius 1 is 1.35 bits per heavy atom. The molecule has 5 rings (SSSR count). The predicted molar refractivity (Wildman–Crippen MR) is 110 cm³/mol. The molecule has 1 saturated heterocycles. The molecule has 9 nitrogen and oxygen atoms in total. The third-order valence-electron chi connectivity index (χ3n) is 6.17. The summed E-state index contributed by atoms with van der Waals surface area (Å²) in [6, 6.07) is 2.48. The summed E-state index contributed by atoms with van der Waals surface area (Å²) in [5, 5.41) is 17.4. The summed E-state index contributed by atoms with van der Waals surface area (Å²) in [4.78, 5) is 19.2. The van der Waals surface area contributed by atoms with Gasteiger partial charge in [-0.05, 0) is 37.3 Å². The quantitative estimate of drug-likeness (QED) is 0.622. The highest BCUT2D eigenvalue weighted by molar-refractivity contribution is 6.33. The van der Waals surface area contributed by atoms with Gasteiger partial charge in [-0.3, -0.25) is 5.10 Å². The van der Waals surface area contributed by atoms with Gasteiger partial charge < -0.3 is 14.6 Å². The number of anilines is 1. The van der Waals surface area contributed by atoms with Gasteiger partial charge in [0.05, 0.1) is 5.02 Å². The molecular weight excluding hydrogens is 425 g/mol. The minimum atomic E-state index is -0.664. The van der Waals surface area contributed by atoms with Crippen molar-refractivity contribution in [3.63, 3.8) is 0 Å². The first-order chi connectivity index (χ1) is 14.9.